The number of benzene rings is 2. The lowest BCUT2D eigenvalue weighted by atomic mass is 10.1. The van der Waals surface area contributed by atoms with Crippen molar-refractivity contribution in [2.45, 2.75) is 6.42 Å². The molecule has 1 aliphatic heterocycles. The normalized spacial score (nSPS) is 13.8. The number of nitrogens with zero attached hydrogens (tertiary/aromatic N) is 1. The monoisotopic (exact) mass is 314 g/mol. The Morgan fingerprint density at radius 2 is 1.82 bits per heavy atom. The number of hydrogen-bond acceptors (Lipinski definition) is 2. The number of ether oxygens (including phenoxy) is 1. The van der Waals surface area contributed by atoms with Crippen LogP contribution >= 0.6 is 12.4 Å². The molecule has 1 saturated heterocycles. The molecule has 114 valence electrons. The van der Waals surface area contributed by atoms with Crippen LogP contribution in [0.25, 0.3) is 10.9 Å². The Morgan fingerprint density at radius 1 is 1.00 bits per heavy atom. The zero-order valence-electron chi connectivity index (χ0n) is 12.3. The highest BCUT2D eigenvalue weighted by molar-refractivity contribution is 5.85. The van der Waals surface area contributed by atoms with Gasteiger partial charge in [0.15, 0.2) is 0 Å². The lowest BCUT2D eigenvalue weighted by molar-refractivity contribution is 0.483. The van der Waals surface area contributed by atoms with Gasteiger partial charge in [0.1, 0.15) is 11.5 Å². The van der Waals surface area contributed by atoms with Crippen LogP contribution in [0.2, 0.25) is 0 Å². The van der Waals surface area contributed by atoms with E-state index in [1.807, 2.05) is 36.4 Å². The SMILES string of the molecule is Cl.c1ccc(Oc2ccc3[nH]cc(CCN4CC4)c3c2)cc1. The second kappa shape index (κ2) is 6.42. The second-order valence-corrected chi connectivity index (χ2v) is 5.53. The van der Waals surface area contributed by atoms with Gasteiger partial charge >= 0.3 is 0 Å². The van der Waals surface area contributed by atoms with Crippen molar-refractivity contribution in [1.29, 1.82) is 0 Å². The lowest BCUT2D eigenvalue weighted by Gasteiger charge is -2.06. The van der Waals surface area contributed by atoms with Crippen LogP contribution in [0.5, 0.6) is 11.5 Å². The number of para-hydroxylation sites is 1. The summed E-state index contributed by atoms with van der Waals surface area (Å²) in [5.74, 6) is 1.76. The average Bonchev–Trinajstić information content (AvgIpc) is 3.26. The number of aromatic nitrogens is 1. The summed E-state index contributed by atoms with van der Waals surface area (Å²) < 4.78 is 5.92. The standard InChI is InChI=1S/C18H18N2O.ClH/c1-2-4-15(5-3-1)21-16-6-7-18-17(12-16)14(13-19-18)8-9-20-10-11-20;/h1-7,12-13,19H,8-11H2;1H. The summed E-state index contributed by atoms with van der Waals surface area (Å²) in [5, 5.41) is 1.27. The third kappa shape index (κ3) is 3.26. The first-order chi connectivity index (χ1) is 10.4. The van der Waals surface area contributed by atoms with E-state index in [1.165, 1.54) is 29.6 Å². The van der Waals surface area contributed by atoms with Crippen LogP contribution in [0, 0.1) is 0 Å². The van der Waals surface area contributed by atoms with Crippen LogP contribution in [0.4, 0.5) is 0 Å². The van der Waals surface area contributed by atoms with E-state index in [0.29, 0.717) is 0 Å². The number of fused-ring (bicyclic) bond motifs is 1. The molecule has 0 bridgehead atoms. The van der Waals surface area contributed by atoms with Crippen molar-refractivity contribution < 1.29 is 4.74 Å². The highest BCUT2D eigenvalue weighted by Gasteiger charge is 2.17. The smallest absolute Gasteiger partial charge is 0.128 e. The zero-order valence-corrected chi connectivity index (χ0v) is 13.1. The molecule has 0 saturated carbocycles. The van der Waals surface area contributed by atoms with Gasteiger partial charge in [0, 0.05) is 36.7 Å². The number of hydrogen-bond donors (Lipinski definition) is 1. The lowest BCUT2D eigenvalue weighted by Crippen LogP contribution is -2.02. The molecule has 0 unspecified atom stereocenters. The molecule has 2 aromatic carbocycles. The van der Waals surface area contributed by atoms with Crippen LogP contribution in [0.3, 0.4) is 0 Å². The summed E-state index contributed by atoms with van der Waals surface area (Å²) in [6.07, 6.45) is 3.22. The van der Waals surface area contributed by atoms with Gasteiger partial charge in [-0.2, -0.15) is 0 Å². The average molecular weight is 315 g/mol. The van der Waals surface area contributed by atoms with Crippen molar-refractivity contribution in [3.05, 3.63) is 60.3 Å². The van der Waals surface area contributed by atoms with Gasteiger partial charge in [0.2, 0.25) is 0 Å². The Bertz CT molecular complexity index is 750. The van der Waals surface area contributed by atoms with Crippen LogP contribution in [0.15, 0.2) is 54.7 Å². The Hall–Kier alpha value is -1.97. The Morgan fingerprint density at radius 3 is 2.59 bits per heavy atom. The Kier molecular flexibility index (Phi) is 4.36. The molecule has 3 aromatic rings. The molecule has 3 nitrogen and oxygen atoms in total. The molecule has 1 N–H and O–H groups in total. The molecule has 0 radical (unpaired) electrons. The molecule has 2 heterocycles. The van der Waals surface area contributed by atoms with Crippen molar-refractivity contribution in [2.24, 2.45) is 0 Å². The first kappa shape index (κ1) is 14.9. The van der Waals surface area contributed by atoms with Gasteiger partial charge in [-0.3, -0.25) is 0 Å². The summed E-state index contributed by atoms with van der Waals surface area (Å²) in [6, 6.07) is 16.2. The van der Waals surface area contributed by atoms with E-state index in [9.17, 15) is 0 Å². The molecular formula is C18H19ClN2O. The van der Waals surface area contributed by atoms with E-state index in [0.717, 1.165) is 24.5 Å². The fourth-order valence-corrected chi connectivity index (χ4v) is 2.63. The van der Waals surface area contributed by atoms with Crippen molar-refractivity contribution in [2.75, 3.05) is 19.6 Å². The molecule has 4 rings (SSSR count). The molecule has 1 aliphatic rings. The van der Waals surface area contributed by atoms with Gasteiger partial charge in [-0.15, -0.1) is 12.4 Å². The molecule has 0 aliphatic carbocycles. The first-order valence-electron chi connectivity index (χ1n) is 7.44. The minimum Gasteiger partial charge on any atom is -0.457 e. The van der Waals surface area contributed by atoms with Crippen LogP contribution in [-0.4, -0.2) is 29.5 Å². The largest absolute Gasteiger partial charge is 0.457 e. The molecule has 0 atom stereocenters. The molecule has 4 heteroatoms. The molecule has 1 fully saturated rings. The van der Waals surface area contributed by atoms with Crippen LogP contribution < -0.4 is 4.74 Å². The van der Waals surface area contributed by atoms with Crippen molar-refractivity contribution >= 4 is 23.3 Å². The third-order valence-electron chi connectivity index (χ3n) is 3.95. The maximum absolute atomic E-state index is 5.92. The minimum atomic E-state index is 0. The highest BCUT2D eigenvalue weighted by Crippen LogP contribution is 2.27. The maximum atomic E-state index is 5.92. The first-order valence-corrected chi connectivity index (χ1v) is 7.44. The van der Waals surface area contributed by atoms with E-state index >= 15 is 0 Å². The van der Waals surface area contributed by atoms with Gasteiger partial charge in [-0.05, 0) is 42.3 Å². The predicted octanol–water partition coefficient (Wildman–Crippen LogP) is 4.24. The quantitative estimate of drug-likeness (QED) is 0.713. The summed E-state index contributed by atoms with van der Waals surface area (Å²) in [7, 11) is 0. The number of nitrogens with one attached hydrogen (secondary N) is 1. The van der Waals surface area contributed by atoms with Gasteiger partial charge in [-0.25, -0.2) is 0 Å². The van der Waals surface area contributed by atoms with E-state index in [2.05, 4.69) is 28.2 Å². The molecule has 1 aromatic heterocycles. The van der Waals surface area contributed by atoms with Crippen molar-refractivity contribution in [1.82, 2.24) is 9.88 Å². The Balaban J connectivity index is 0.00000144. The maximum Gasteiger partial charge on any atom is 0.128 e. The minimum absolute atomic E-state index is 0. The molecular weight excluding hydrogens is 296 g/mol. The van der Waals surface area contributed by atoms with E-state index in [-0.39, 0.29) is 12.4 Å². The second-order valence-electron chi connectivity index (χ2n) is 5.53. The molecule has 22 heavy (non-hydrogen) atoms. The Labute approximate surface area is 136 Å². The van der Waals surface area contributed by atoms with E-state index in [4.69, 9.17) is 4.74 Å². The fourth-order valence-electron chi connectivity index (χ4n) is 2.63. The predicted molar refractivity (Wildman–Crippen MR) is 92.2 cm³/mol. The fraction of sp³-hybridized carbons (Fsp3) is 0.222. The number of halogens is 1. The molecule has 0 amide bonds. The summed E-state index contributed by atoms with van der Waals surface area (Å²) in [5.41, 5.74) is 2.55. The summed E-state index contributed by atoms with van der Waals surface area (Å²) in [6.45, 7) is 3.66. The topological polar surface area (TPSA) is 28.0 Å². The van der Waals surface area contributed by atoms with Crippen LogP contribution in [0.1, 0.15) is 5.56 Å². The highest BCUT2D eigenvalue weighted by atomic mass is 35.5. The van der Waals surface area contributed by atoms with Gasteiger partial charge in [-0.1, -0.05) is 18.2 Å². The van der Waals surface area contributed by atoms with Gasteiger partial charge in [0.25, 0.3) is 0 Å². The van der Waals surface area contributed by atoms with Gasteiger partial charge < -0.3 is 14.6 Å². The summed E-state index contributed by atoms with van der Waals surface area (Å²) >= 11 is 0. The number of H-pyrrole nitrogens is 1. The number of aromatic amines is 1. The summed E-state index contributed by atoms with van der Waals surface area (Å²) in [4.78, 5) is 5.80. The van der Waals surface area contributed by atoms with E-state index < -0.39 is 0 Å². The van der Waals surface area contributed by atoms with Crippen molar-refractivity contribution in [3.8, 4) is 11.5 Å². The molecule has 0 spiro atoms. The van der Waals surface area contributed by atoms with E-state index in [1.54, 1.807) is 0 Å². The number of rotatable bonds is 5. The third-order valence-corrected chi connectivity index (χ3v) is 3.95. The van der Waals surface area contributed by atoms with Crippen molar-refractivity contribution in [3.63, 3.8) is 0 Å². The zero-order chi connectivity index (χ0) is 14.1. The van der Waals surface area contributed by atoms with Gasteiger partial charge in [0.05, 0.1) is 0 Å². The van der Waals surface area contributed by atoms with Crippen LogP contribution in [-0.2, 0) is 6.42 Å².